The van der Waals surface area contributed by atoms with Crippen LogP contribution < -0.4 is 5.32 Å². The first-order valence-electron chi connectivity index (χ1n) is 6.55. The quantitative estimate of drug-likeness (QED) is 0.678. The van der Waals surface area contributed by atoms with E-state index in [1.54, 1.807) is 25.9 Å². The molecule has 0 aromatic heterocycles. The molecule has 20 heavy (non-hydrogen) atoms. The van der Waals surface area contributed by atoms with Crippen molar-refractivity contribution in [2.24, 2.45) is 5.92 Å². The van der Waals surface area contributed by atoms with Gasteiger partial charge in [-0.05, 0) is 13.8 Å². The molecule has 1 atom stereocenters. The number of hydrogen-bond acceptors (Lipinski definition) is 4. The molecule has 0 radical (unpaired) electrons. The number of carboxylic acids is 1. The van der Waals surface area contributed by atoms with Crippen LogP contribution >= 0.6 is 0 Å². The minimum atomic E-state index is -0.973. The number of carbonyl (C=O) groups excluding carboxylic acids is 2. The molecule has 0 aromatic carbocycles. The van der Waals surface area contributed by atoms with Crippen LogP contribution in [0.5, 0.6) is 0 Å². The van der Waals surface area contributed by atoms with Crippen molar-refractivity contribution in [1.29, 1.82) is 0 Å². The highest BCUT2D eigenvalue weighted by Gasteiger charge is 2.36. The molecule has 7 nitrogen and oxygen atoms in total. The Balaban J connectivity index is 2.53. The van der Waals surface area contributed by atoms with Crippen LogP contribution in [0.4, 0.5) is 0 Å². The van der Waals surface area contributed by atoms with Gasteiger partial charge in [-0.25, -0.2) is 0 Å². The average Bonchev–Trinajstić information content (AvgIpc) is 2.65. The van der Waals surface area contributed by atoms with Gasteiger partial charge in [-0.15, -0.1) is 0 Å². The molecule has 1 fully saturated rings. The van der Waals surface area contributed by atoms with Gasteiger partial charge in [0.15, 0.2) is 0 Å². The van der Waals surface area contributed by atoms with Gasteiger partial charge in [0.05, 0.1) is 18.9 Å². The predicted octanol–water partition coefficient (Wildman–Crippen LogP) is -0.149. The number of carbonyl (C=O) groups is 3. The minimum absolute atomic E-state index is 0.0711. The third kappa shape index (κ3) is 4.80. The van der Waals surface area contributed by atoms with Gasteiger partial charge in [0.25, 0.3) is 0 Å². The van der Waals surface area contributed by atoms with Crippen molar-refractivity contribution >= 4 is 17.8 Å². The van der Waals surface area contributed by atoms with Gasteiger partial charge >= 0.3 is 5.97 Å². The van der Waals surface area contributed by atoms with Crippen LogP contribution in [0.1, 0.15) is 26.7 Å². The molecule has 7 heteroatoms. The SMILES string of the molecule is COCCN1CC(C(=O)NC(C)(C)CC(=O)O)CC1=O. The number of amides is 2. The number of carboxylic acid groups (broad SMARTS) is 1. The Kier molecular flexibility index (Phi) is 5.50. The lowest BCUT2D eigenvalue weighted by Gasteiger charge is -2.26. The molecule has 0 aromatic rings. The zero-order chi connectivity index (χ0) is 15.3. The number of hydrogen-bond donors (Lipinski definition) is 2. The van der Waals surface area contributed by atoms with E-state index in [9.17, 15) is 14.4 Å². The van der Waals surface area contributed by atoms with Gasteiger partial charge in [0, 0.05) is 32.2 Å². The number of aliphatic carboxylic acids is 1. The number of nitrogens with zero attached hydrogens (tertiary/aromatic N) is 1. The van der Waals surface area contributed by atoms with E-state index in [1.165, 1.54) is 0 Å². The Labute approximate surface area is 118 Å². The third-order valence-corrected chi connectivity index (χ3v) is 3.21. The molecule has 0 aliphatic carbocycles. The highest BCUT2D eigenvalue weighted by atomic mass is 16.5. The second-order valence-electron chi connectivity index (χ2n) is 5.68. The van der Waals surface area contributed by atoms with Gasteiger partial charge in [0.2, 0.25) is 11.8 Å². The maximum atomic E-state index is 12.1. The topological polar surface area (TPSA) is 95.9 Å². The standard InChI is InChI=1S/C13H22N2O5/c1-13(2,7-11(17)18)14-12(19)9-6-10(16)15(8-9)4-5-20-3/h9H,4-8H2,1-3H3,(H,14,19)(H,17,18). The lowest BCUT2D eigenvalue weighted by atomic mass is 9.98. The van der Waals surface area contributed by atoms with E-state index in [-0.39, 0.29) is 24.7 Å². The molecule has 1 saturated heterocycles. The smallest absolute Gasteiger partial charge is 0.305 e. The lowest BCUT2D eigenvalue weighted by molar-refractivity contribution is -0.139. The van der Waals surface area contributed by atoms with E-state index >= 15 is 0 Å². The van der Waals surface area contributed by atoms with Crippen molar-refractivity contribution in [3.8, 4) is 0 Å². The molecule has 1 heterocycles. The molecule has 1 aliphatic rings. The van der Waals surface area contributed by atoms with E-state index in [0.29, 0.717) is 19.7 Å². The maximum absolute atomic E-state index is 12.1. The fourth-order valence-electron chi connectivity index (χ4n) is 2.22. The van der Waals surface area contributed by atoms with Crippen LogP contribution in [0.15, 0.2) is 0 Å². The van der Waals surface area contributed by atoms with Gasteiger partial charge in [-0.1, -0.05) is 0 Å². The van der Waals surface area contributed by atoms with Crippen molar-refractivity contribution in [1.82, 2.24) is 10.2 Å². The molecule has 1 rings (SSSR count). The fourth-order valence-corrected chi connectivity index (χ4v) is 2.22. The molecule has 0 spiro atoms. The summed E-state index contributed by atoms with van der Waals surface area (Å²) < 4.78 is 4.91. The van der Waals surface area contributed by atoms with E-state index in [1.807, 2.05) is 0 Å². The fraction of sp³-hybridized carbons (Fsp3) is 0.769. The minimum Gasteiger partial charge on any atom is -0.481 e. The van der Waals surface area contributed by atoms with Crippen LogP contribution in [0, 0.1) is 5.92 Å². The van der Waals surface area contributed by atoms with E-state index in [0.717, 1.165) is 0 Å². The van der Waals surface area contributed by atoms with Crippen LogP contribution in [-0.2, 0) is 19.1 Å². The van der Waals surface area contributed by atoms with E-state index < -0.39 is 17.4 Å². The summed E-state index contributed by atoms with van der Waals surface area (Å²) in [5.74, 6) is -1.74. The molecule has 2 N–H and O–H groups in total. The van der Waals surface area contributed by atoms with Gasteiger partial charge in [0.1, 0.15) is 0 Å². The maximum Gasteiger partial charge on any atom is 0.305 e. The first kappa shape index (κ1) is 16.4. The molecule has 2 amide bonds. The number of rotatable bonds is 7. The van der Waals surface area contributed by atoms with Crippen LogP contribution in [0.25, 0.3) is 0 Å². The molecule has 0 saturated carbocycles. The highest BCUT2D eigenvalue weighted by Crippen LogP contribution is 2.19. The average molecular weight is 286 g/mol. The number of ether oxygens (including phenoxy) is 1. The van der Waals surface area contributed by atoms with Gasteiger partial charge in [-0.2, -0.15) is 0 Å². The van der Waals surface area contributed by atoms with Crippen LogP contribution in [-0.4, -0.2) is 60.1 Å². The van der Waals surface area contributed by atoms with Crippen molar-refractivity contribution in [2.75, 3.05) is 26.8 Å². The molecule has 0 bridgehead atoms. The molecular weight excluding hydrogens is 264 g/mol. The highest BCUT2D eigenvalue weighted by molar-refractivity contribution is 5.89. The molecule has 1 unspecified atom stereocenters. The van der Waals surface area contributed by atoms with Crippen LogP contribution in [0.3, 0.4) is 0 Å². The second-order valence-corrected chi connectivity index (χ2v) is 5.68. The Morgan fingerprint density at radius 1 is 1.50 bits per heavy atom. The zero-order valence-corrected chi connectivity index (χ0v) is 12.1. The van der Waals surface area contributed by atoms with Crippen LogP contribution in [0.2, 0.25) is 0 Å². The molecule has 114 valence electrons. The summed E-state index contributed by atoms with van der Waals surface area (Å²) in [4.78, 5) is 36.1. The Morgan fingerprint density at radius 3 is 2.70 bits per heavy atom. The number of methoxy groups -OCH3 is 1. The normalized spacial score (nSPS) is 19.2. The number of nitrogens with one attached hydrogen (secondary N) is 1. The summed E-state index contributed by atoms with van der Waals surface area (Å²) in [6.45, 7) is 4.57. The molecule has 1 aliphatic heterocycles. The first-order chi connectivity index (χ1) is 9.25. The Hall–Kier alpha value is -1.63. The van der Waals surface area contributed by atoms with Crippen molar-refractivity contribution in [3.05, 3.63) is 0 Å². The predicted molar refractivity (Wildman–Crippen MR) is 71.0 cm³/mol. The van der Waals surface area contributed by atoms with Gasteiger partial charge in [-0.3, -0.25) is 14.4 Å². The summed E-state index contributed by atoms with van der Waals surface area (Å²) in [6, 6.07) is 0. The first-order valence-corrected chi connectivity index (χ1v) is 6.55. The van der Waals surface area contributed by atoms with Gasteiger partial charge < -0.3 is 20.1 Å². The molecular formula is C13H22N2O5. The summed E-state index contributed by atoms with van der Waals surface area (Å²) in [7, 11) is 1.55. The third-order valence-electron chi connectivity index (χ3n) is 3.21. The number of likely N-dealkylation sites (tertiary alicyclic amines) is 1. The largest absolute Gasteiger partial charge is 0.481 e. The van der Waals surface area contributed by atoms with E-state index in [2.05, 4.69) is 5.32 Å². The van der Waals surface area contributed by atoms with Crippen molar-refractivity contribution < 1.29 is 24.2 Å². The summed E-state index contributed by atoms with van der Waals surface area (Å²) in [5, 5.41) is 11.5. The zero-order valence-electron chi connectivity index (χ0n) is 12.1. The van der Waals surface area contributed by atoms with Crippen molar-refractivity contribution in [3.63, 3.8) is 0 Å². The van der Waals surface area contributed by atoms with Crippen molar-refractivity contribution in [2.45, 2.75) is 32.2 Å². The Bertz CT molecular complexity index is 394. The summed E-state index contributed by atoms with van der Waals surface area (Å²) in [5.41, 5.74) is -0.827. The van der Waals surface area contributed by atoms with E-state index in [4.69, 9.17) is 9.84 Å². The second kappa shape index (κ2) is 6.69. The lowest BCUT2D eigenvalue weighted by Crippen LogP contribution is -2.47. The monoisotopic (exact) mass is 286 g/mol. The Morgan fingerprint density at radius 2 is 2.15 bits per heavy atom. The summed E-state index contributed by atoms with van der Waals surface area (Å²) in [6.07, 6.45) is 0.00545. The summed E-state index contributed by atoms with van der Waals surface area (Å²) >= 11 is 0.